The van der Waals surface area contributed by atoms with Crippen LogP contribution in [0, 0.1) is 5.92 Å². The Balaban J connectivity index is 1.28. The monoisotopic (exact) mass is 351 g/mol. The van der Waals surface area contributed by atoms with Gasteiger partial charge < -0.3 is 4.90 Å². The van der Waals surface area contributed by atoms with E-state index in [0.29, 0.717) is 18.4 Å². The Kier molecular flexibility index (Phi) is 3.98. The zero-order valence-electron chi connectivity index (χ0n) is 15.1. The Hall–Kier alpha value is -2.24. The average Bonchev–Trinajstić information content (AvgIpc) is 3.45. The summed E-state index contributed by atoms with van der Waals surface area (Å²) in [5, 5.41) is 4.60. The highest BCUT2D eigenvalue weighted by Crippen LogP contribution is 2.38. The van der Waals surface area contributed by atoms with Crippen LogP contribution in [-0.4, -0.2) is 32.8 Å². The minimum atomic E-state index is 0.0174. The topological polar surface area (TPSA) is 63.9 Å². The van der Waals surface area contributed by atoms with Crippen LogP contribution >= 0.6 is 0 Å². The normalized spacial score (nSPS) is 20.4. The summed E-state index contributed by atoms with van der Waals surface area (Å²) in [6.45, 7) is 2.61. The molecular weight excluding hydrogens is 326 g/mol. The fourth-order valence-electron chi connectivity index (χ4n) is 4.25. The molecule has 2 fully saturated rings. The Morgan fingerprint density at radius 2 is 1.88 bits per heavy atom. The van der Waals surface area contributed by atoms with Gasteiger partial charge in [0.2, 0.25) is 0 Å². The molecule has 6 nitrogen and oxygen atoms in total. The summed E-state index contributed by atoms with van der Waals surface area (Å²) >= 11 is 0. The van der Waals surface area contributed by atoms with Gasteiger partial charge in [-0.3, -0.25) is 4.79 Å². The number of aryl methyl sites for hydroxylation is 1. The summed E-state index contributed by atoms with van der Waals surface area (Å²) in [5.41, 5.74) is 3.70. The number of nitrogens with zero attached hydrogens (tertiary/aromatic N) is 5. The van der Waals surface area contributed by atoms with Gasteiger partial charge in [0.25, 0.3) is 5.56 Å². The second kappa shape index (κ2) is 6.49. The Bertz CT molecular complexity index is 867. The molecule has 0 amide bonds. The molecule has 5 rings (SSSR count). The predicted molar refractivity (Wildman–Crippen MR) is 99.5 cm³/mol. The van der Waals surface area contributed by atoms with Crippen LogP contribution in [0.4, 0.5) is 5.82 Å². The number of anilines is 1. The second-order valence-electron chi connectivity index (χ2n) is 8.01. The van der Waals surface area contributed by atoms with Crippen LogP contribution in [-0.2, 0) is 19.4 Å². The van der Waals surface area contributed by atoms with Gasteiger partial charge in [0.1, 0.15) is 12.1 Å². The number of fused-ring (bicyclic) bond motifs is 1. The molecule has 0 aromatic carbocycles. The molecule has 2 aromatic heterocycles. The molecule has 0 unspecified atom stereocenters. The SMILES string of the molecule is O=c1ccc(C2CC2)nn1CC1CN(c2ncnc3c2CCCCC3)C1. The van der Waals surface area contributed by atoms with Gasteiger partial charge in [-0.25, -0.2) is 14.6 Å². The van der Waals surface area contributed by atoms with Crippen LogP contribution in [0.2, 0.25) is 0 Å². The van der Waals surface area contributed by atoms with E-state index >= 15 is 0 Å². The maximum absolute atomic E-state index is 12.1. The van der Waals surface area contributed by atoms with Crippen molar-refractivity contribution in [1.82, 2.24) is 19.7 Å². The van der Waals surface area contributed by atoms with Crippen molar-refractivity contribution in [2.75, 3.05) is 18.0 Å². The molecule has 136 valence electrons. The number of hydrogen-bond donors (Lipinski definition) is 0. The fourth-order valence-corrected chi connectivity index (χ4v) is 4.25. The molecule has 1 aliphatic heterocycles. The lowest BCUT2D eigenvalue weighted by Crippen LogP contribution is -2.50. The molecule has 2 aliphatic carbocycles. The van der Waals surface area contributed by atoms with Crippen molar-refractivity contribution < 1.29 is 0 Å². The van der Waals surface area contributed by atoms with Crippen molar-refractivity contribution in [2.45, 2.75) is 57.4 Å². The van der Waals surface area contributed by atoms with Crippen molar-refractivity contribution in [3.63, 3.8) is 0 Å². The molecule has 1 saturated heterocycles. The van der Waals surface area contributed by atoms with Gasteiger partial charge >= 0.3 is 0 Å². The lowest BCUT2D eigenvalue weighted by molar-refractivity contribution is 0.330. The third-order valence-electron chi connectivity index (χ3n) is 5.92. The molecular formula is C20H25N5O. The molecule has 3 heterocycles. The van der Waals surface area contributed by atoms with E-state index < -0.39 is 0 Å². The minimum Gasteiger partial charge on any atom is -0.355 e. The fraction of sp³-hybridized carbons (Fsp3) is 0.600. The van der Waals surface area contributed by atoms with Gasteiger partial charge in [0.15, 0.2) is 0 Å². The van der Waals surface area contributed by atoms with Gasteiger partial charge in [0.05, 0.1) is 12.2 Å². The first-order chi connectivity index (χ1) is 12.8. The summed E-state index contributed by atoms with van der Waals surface area (Å²) in [6.07, 6.45) is 10.1. The highest BCUT2D eigenvalue weighted by molar-refractivity contribution is 5.51. The Morgan fingerprint density at radius 3 is 2.73 bits per heavy atom. The number of aromatic nitrogens is 4. The predicted octanol–water partition coefficient (Wildman–Crippen LogP) is 2.32. The first kappa shape index (κ1) is 16.0. The summed E-state index contributed by atoms with van der Waals surface area (Å²) < 4.78 is 1.68. The quantitative estimate of drug-likeness (QED) is 0.791. The van der Waals surface area contributed by atoms with E-state index in [4.69, 9.17) is 0 Å². The molecule has 26 heavy (non-hydrogen) atoms. The van der Waals surface area contributed by atoms with E-state index in [2.05, 4.69) is 20.0 Å². The maximum Gasteiger partial charge on any atom is 0.266 e. The summed E-state index contributed by atoms with van der Waals surface area (Å²) in [5.74, 6) is 2.17. The standard InChI is InChI=1S/C20H25N5O/c26-19-9-8-17(15-6-7-15)23-25(19)12-14-10-24(11-14)20-16-4-2-1-3-5-18(16)21-13-22-20/h8-9,13-15H,1-7,10-12H2. The second-order valence-corrected chi connectivity index (χ2v) is 8.01. The Morgan fingerprint density at radius 1 is 1.04 bits per heavy atom. The summed E-state index contributed by atoms with van der Waals surface area (Å²) in [6, 6.07) is 3.58. The lowest BCUT2D eigenvalue weighted by atomic mass is 9.98. The van der Waals surface area contributed by atoms with Crippen LogP contribution in [0.25, 0.3) is 0 Å². The zero-order chi connectivity index (χ0) is 17.5. The van der Waals surface area contributed by atoms with Crippen LogP contribution in [0.3, 0.4) is 0 Å². The number of hydrogen-bond acceptors (Lipinski definition) is 5. The summed E-state index contributed by atoms with van der Waals surface area (Å²) in [7, 11) is 0. The zero-order valence-corrected chi connectivity index (χ0v) is 15.1. The smallest absolute Gasteiger partial charge is 0.266 e. The highest BCUT2D eigenvalue weighted by atomic mass is 16.1. The summed E-state index contributed by atoms with van der Waals surface area (Å²) in [4.78, 5) is 23.6. The average molecular weight is 351 g/mol. The molecule has 0 radical (unpaired) electrons. The van der Waals surface area contributed by atoms with Crippen molar-refractivity contribution >= 4 is 5.82 Å². The van der Waals surface area contributed by atoms with Crippen LogP contribution in [0.5, 0.6) is 0 Å². The molecule has 0 atom stereocenters. The lowest BCUT2D eigenvalue weighted by Gasteiger charge is -2.41. The molecule has 6 heteroatoms. The molecule has 2 aromatic rings. The van der Waals surface area contributed by atoms with Gasteiger partial charge in [-0.05, 0) is 44.6 Å². The highest BCUT2D eigenvalue weighted by Gasteiger charge is 2.32. The van der Waals surface area contributed by atoms with Gasteiger partial charge in [-0.2, -0.15) is 5.10 Å². The van der Waals surface area contributed by atoms with Crippen molar-refractivity contribution in [2.24, 2.45) is 5.92 Å². The molecule has 3 aliphatic rings. The molecule has 0 bridgehead atoms. The van der Waals surface area contributed by atoms with Crippen LogP contribution in [0.1, 0.15) is 55.0 Å². The van der Waals surface area contributed by atoms with Crippen LogP contribution in [0.15, 0.2) is 23.3 Å². The largest absolute Gasteiger partial charge is 0.355 e. The molecule has 1 saturated carbocycles. The van der Waals surface area contributed by atoms with Gasteiger partial charge in [-0.15, -0.1) is 0 Å². The third kappa shape index (κ3) is 3.02. The third-order valence-corrected chi connectivity index (χ3v) is 5.92. The maximum atomic E-state index is 12.1. The first-order valence-corrected chi connectivity index (χ1v) is 9.93. The van der Waals surface area contributed by atoms with E-state index in [-0.39, 0.29) is 5.56 Å². The minimum absolute atomic E-state index is 0.0174. The first-order valence-electron chi connectivity index (χ1n) is 9.93. The van der Waals surface area contributed by atoms with Crippen molar-refractivity contribution in [3.8, 4) is 0 Å². The van der Waals surface area contributed by atoms with Gasteiger partial charge in [-0.1, -0.05) is 6.42 Å². The van der Waals surface area contributed by atoms with E-state index in [1.807, 2.05) is 6.07 Å². The van der Waals surface area contributed by atoms with E-state index in [9.17, 15) is 4.79 Å². The van der Waals surface area contributed by atoms with Crippen molar-refractivity contribution in [1.29, 1.82) is 0 Å². The Labute approximate surface area is 153 Å². The molecule has 0 spiro atoms. The van der Waals surface area contributed by atoms with E-state index in [1.54, 1.807) is 17.1 Å². The van der Waals surface area contributed by atoms with E-state index in [0.717, 1.165) is 37.4 Å². The van der Waals surface area contributed by atoms with Crippen molar-refractivity contribution in [3.05, 3.63) is 45.8 Å². The van der Waals surface area contributed by atoms with Gasteiger partial charge in [0, 0.05) is 42.2 Å². The number of rotatable bonds is 4. The van der Waals surface area contributed by atoms with Crippen LogP contribution < -0.4 is 10.5 Å². The molecule has 0 N–H and O–H groups in total. The van der Waals surface area contributed by atoms with E-state index in [1.165, 1.54) is 43.4 Å².